The van der Waals surface area contributed by atoms with Gasteiger partial charge in [-0.05, 0) is 25.1 Å². The van der Waals surface area contributed by atoms with E-state index in [2.05, 4.69) is 15.3 Å². The molecule has 1 aliphatic rings. The monoisotopic (exact) mass is 269 g/mol. The average Bonchev–Trinajstić information content (AvgIpc) is 2.90. The minimum Gasteiger partial charge on any atom is -0.461 e. The lowest BCUT2D eigenvalue weighted by Gasteiger charge is -2.20. The molecule has 0 aromatic carbocycles. The fourth-order valence-corrected chi connectivity index (χ4v) is 2.11. The minimum atomic E-state index is -4.48. The predicted octanol–water partition coefficient (Wildman–Crippen LogP) is 2.40. The number of nitrogens with one attached hydrogen (secondary N) is 1. The summed E-state index contributed by atoms with van der Waals surface area (Å²) in [6.45, 7) is 0.814. The number of fused-ring (bicyclic) bond motifs is 1. The van der Waals surface area contributed by atoms with Crippen LogP contribution in [0.5, 0.6) is 0 Å². The zero-order valence-electron chi connectivity index (χ0n) is 9.79. The molecular formula is C12H10F3N3O. The molecule has 2 aromatic heterocycles. The SMILES string of the molecule is FC(F)(F)c1nc(-c2ccco2)nc2c1CCNC2. The number of halogens is 3. The first kappa shape index (κ1) is 12.2. The normalized spacial score (nSPS) is 15.3. The van der Waals surface area contributed by atoms with Gasteiger partial charge in [0, 0.05) is 12.1 Å². The van der Waals surface area contributed by atoms with Gasteiger partial charge in [-0.3, -0.25) is 0 Å². The van der Waals surface area contributed by atoms with Gasteiger partial charge < -0.3 is 9.73 Å². The summed E-state index contributed by atoms with van der Waals surface area (Å²) in [6.07, 6.45) is -2.82. The van der Waals surface area contributed by atoms with E-state index in [4.69, 9.17) is 4.42 Å². The largest absolute Gasteiger partial charge is 0.461 e. The molecule has 7 heteroatoms. The van der Waals surface area contributed by atoms with Gasteiger partial charge in [0.05, 0.1) is 12.0 Å². The van der Waals surface area contributed by atoms with Crippen molar-refractivity contribution < 1.29 is 17.6 Å². The van der Waals surface area contributed by atoms with Crippen molar-refractivity contribution in [2.24, 2.45) is 0 Å². The van der Waals surface area contributed by atoms with Crippen LogP contribution in [0, 0.1) is 0 Å². The van der Waals surface area contributed by atoms with Crippen molar-refractivity contribution in [1.29, 1.82) is 0 Å². The molecular weight excluding hydrogens is 259 g/mol. The molecule has 0 radical (unpaired) electrons. The quantitative estimate of drug-likeness (QED) is 0.863. The third-order valence-corrected chi connectivity index (χ3v) is 2.95. The van der Waals surface area contributed by atoms with Gasteiger partial charge in [-0.1, -0.05) is 0 Å². The predicted molar refractivity (Wildman–Crippen MR) is 60.1 cm³/mol. The second kappa shape index (κ2) is 4.34. The molecule has 3 heterocycles. The van der Waals surface area contributed by atoms with E-state index in [1.165, 1.54) is 12.3 Å². The van der Waals surface area contributed by atoms with Crippen LogP contribution in [0.25, 0.3) is 11.6 Å². The van der Waals surface area contributed by atoms with Gasteiger partial charge in [-0.25, -0.2) is 9.97 Å². The Balaban J connectivity index is 2.19. The van der Waals surface area contributed by atoms with Crippen molar-refractivity contribution in [1.82, 2.24) is 15.3 Å². The van der Waals surface area contributed by atoms with E-state index >= 15 is 0 Å². The number of alkyl halides is 3. The lowest BCUT2D eigenvalue weighted by Crippen LogP contribution is -2.28. The number of hydrogen-bond acceptors (Lipinski definition) is 4. The fourth-order valence-electron chi connectivity index (χ4n) is 2.11. The number of rotatable bonds is 1. The summed E-state index contributed by atoms with van der Waals surface area (Å²) in [5.74, 6) is 0.207. The Hall–Kier alpha value is -1.89. The highest BCUT2D eigenvalue weighted by atomic mass is 19.4. The van der Waals surface area contributed by atoms with E-state index in [1.807, 2.05) is 0 Å². The molecule has 3 rings (SSSR count). The smallest absolute Gasteiger partial charge is 0.433 e. The van der Waals surface area contributed by atoms with E-state index in [0.29, 0.717) is 18.8 Å². The third kappa shape index (κ3) is 2.21. The molecule has 19 heavy (non-hydrogen) atoms. The van der Waals surface area contributed by atoms with Crippen molar-refractivity contribution in [3.05, 3.63) is 35.3 Å². The van der Waals surface area contributed by atoms with Gasteiger partial charge in [0.1, 0.15) is 0 Å². The maximum atomic E-state index is 13.1. The lowest BCUT2D eigenvalue weighted by atomic mass is 10.0. The second-order valence-corrected chi connectivity index (χ2v) is 4.22. The fraction of sp³-hybridized carbons (Fsp3) is 0.333. The topological polar surface area (TPSA) is 51.0 Å². The summed E-state index contributed by atoms with van der Waals surface area (Å²) in [6, 6.07) is 3.13. The van der Waals surface area contributed by atoms with Gasteiger partial charge in [0.15, 0.2) is 17.3 Å². The highest BCUT2D eigenvalue weighted by Crippen LogP contribution is 2.34. The zero-order chi connectivity index (χ0) is 13.5. The van der Waals surface area contributed by atoms with Crippen molar-refractivity contribution in [3.8, 4) is 11.6 Å². The molecule has 1 aliphatic heterocycles. The summed E-state index contributed by atoms with van der Waals surface area (Å²) in [7, 11) is 0. The molecule has 4 nitrogen and oxygen atoms in total. The minimum absolute atomic E-state index is 0.0280. The molecule has 0 spiro atoms. The summed E-state index contributed by atoms with van der Waals surface area (Å²) in [5.41, 5.74) is -0.285. The van der Waals surface area contributed by atoms with Gasteiger partial charge in [0.2, 0.25) is 0 Å². The van der Waals surface area contributed by atoms with Crippen molar-refractivity contribution >= 4 is 0 Å². The van der Waals surface area contributed by atoms with Gasteiger partial charge in [-0.2, -0.15) is 13.2 Å². The Morgan fingerprint density at radius 3 is 2.79 bits per heavy atom. The van der Waals surface area contributed by atoms with E-state index in [9.17, 15) is 13.2 Å². The molecule has 0 amide bonds. The van der Waals surface area contributed by atoms with Crippen molar-refractivity contribution in [2.75, 3.05) is 6.54 Å². The van der Waals surface area contributed by atoms with Gasteiger partial charge in [0.25, 0.3) is 0 Å². The molecule has 2 aromatic rings. The van der Waals surface area contributed by atoms with Crippen LogP contribution >= 0.6 is 0 Å². The van der Waals surface area contributed by atoms with E-state index in [1.54, 1.807) is 6.07 Å². The van der Waals surface area contributed by atoms with Crippen LogP contribution in [-0.4, -0.2) is 16.5 Å². The summed E-state index contributed by atoms with van der Waals surface area (Å²) < 4.78 is 44.2. The molecule has 0 bridgehead atoms. The van der Waals surface area contributed by atoms with Crippen LogP contribution < -0.4 is 5.32 Å². The first-order chi connectivity index (χ1) is 9.05. The van der Waals surface area contributed by atoms with Crippen LogP contribution in [0.2, 0.25) is 0 Å². The Morgan fingerprint density at radius 1 is 1.26 bits per heavy atom. The summed E-state index contributed by atoms with van der Waals surface area (Å²) >= 11 is 0. The van der Waals surface area contributed by atoms with Gasteiger partial charge in [-0.15, -0.1) is 0 Å². The highest BCUT2D eigenvalue weighted by molar-refractivity contribution is 5.49. The molecule has 100 valence electrons. The number of nitrogens with zero attached hydrogens (tertiary/aromatic N) is 2. The Labute approximate surface area is 106 Å². The maximum absolute atomic E-state index is 13.1. The average molecular weight is 269 g/mol. The molecule has 0 saturated carbocycles. The van der Waals surface area contributed by atoms with E-state index < -0.39 is 11.9 Å². The molecule has 0 atom stereocenters. The molecule has 0 saturated heterocycles. The highest BCUT2D eigenvalue weighted by Gasteiger charge is 2.38. The standard InChI is InChI=1S/C12H10F3N3O/c13-12(14,15)10-7-3-4-16-6-8(7)17-11(18-10)9-2-1-5-19-9/h1-2,5,16H,3-4,6H2. The van der Waals surface area contributed by atoms with Crippen LogP contribution in [0.4, 0.5) is 13.2 Å². The summed E-state index contributed by atoms with van der Waals surface area (Å²) in [4.78, 5) is 7.80. The number of aromatic nitrogens is 2. The van der Waals surface area contributed by atoms with Gasteiger partial charge >= 0.3 is 6.18 Å². The maximum Gasteiger partial charge on any atom is 0.433 e. The molecule has 0 unspecified atom stereocenters. The first-order valence-corrected chi connectivity index (χ1v) is 5.77. The second-order valence-electron chi connectivity index (χ2n) is 4.22. The lowest BCUT2D eigenvalue weighted by molar-refractivity contribution is -0.142. The first-order valence-electron chi connectivity index (χ1n) is 5.77. The van der Waals surface area contributed by atoms with Crippen molar-refractivity contribution in [2.45, 2.75) is 19.1 Å². The Kier molecular flexibility index (Phi) is 2.78. The molecule has 1 N–H and O–H groups in total. The van der Waals surface area contributed by atoms with Crippen LogP contribution in [0.1, 0.15) is 17.0 Å². The van der Waals surface area contributed by atoms with E-state index in [-0.39, 0.29) is 23.6 Å². The Bertz CT molecular complexity index is 593. The van der Waals surface area contributed by atoms with Crippen LogP contribution in [-0.2, 0) is 19.1 Å². The van der Waals surface area contributed by atoms with Crippen molar-refractivity contribution in [3.63, 3.8) is 0 Å². The van der Waals surface area contributed by atoms with Crippen LogP contribution in [0.3, 0.4) is 0 Å². The number of hydrogen-bond donors (Lipinski definition) is 1. The summed E-state index contributed by atoms with van der Waals surface area (Å²) in [5, 5.41) is 3.00. The van der Waals surface area contributed by atoms with E-state index in [0.717, 1.165) is 0 Å². The zero-order valence-corrected chi connectivity index (χ0v) is 9.79. The third-order valence-electron chi connectivity index (χ3n) is 2.95. The number of furan rings is 1. The Morgan fingerprint density at radius 2 is 2.11 bits per heavy atom. The van der Waals surface area contributed by atoms with Crippen LogP contribution in [0.15, 0.2) is 22.8 Å². The molecule has 0 fully saturated rings. The molecule has 0 aliphatic carbocycles.